The van der Waals surface area contributed by atoms with Crippen molar-refractivity contribution < 1.29 is 14.8 Å². The second-order valence-electron chi connectivity index (χ2n) is 1.55. The van der Waals surface area contributed by atoms with Gasteiger partial charge >= 0.3 is 11.8 Å². The lowest BCUT2D eigenvalue weighted by Crippen LogP contribution is -2.15. The molecule has 0 aromatic carbocycles. The summed E-state index contributed by atoms with van der Waals surface area (Å²) in [6, 6.07) is 0. The lowest BCUT2D eigenvalue weighted by atomic mass is 10.3. The van der Waals surface area contributed by atoms with Gasteiger partial charge in [0, 0.05) is 0 Å². The van der Waals surface area contributed by atoms with Crippen molar-refractivity contribution in [3.8, 4) is 0 Å². The summed E-state index contributed by atoms with van der Waals surface area (Å²) < 4.78 is 0. The maximum absolute atomic E-state index is 9.91. The van der Waals surface area contributed by atoms with Gasteiger partial charge in [-0.15, -0.1) is 0 Å². The molecule has 0 rings (SSSR count). The van der Waals surface area contributed by atoms with Crippen LogP contribution in [0.3, 0.4) is 0 Å². The minimum atomic E-state index is -1.56. The van der Waals surface area contributed by atoms with Crippen molar-refractivity contribution in [2.75, 3.05) is 0 Å². The molecular formula is C4H5N3O4. The Balaban J connectivity index is 4.44. The largest absolute Gasteiger partial charge is 0.477 e. The molecule has 4 N–H and O–H groups in total. The van der Waals surface area contributed by atoms with Crippen molar-refractivity contribution in [3.63, 3.8) is 0 Å². The van der Waals surface area contributed by atoms with Gasteiger partial charge < -0.3 is 15.2 Å². The van der Waals surface area contributed by atoms with Crippen LogP contribution in [0.4, 0.5) is 0 Å². The molecule has 7 nitrogen and oxygen atoms in total. The van der Waals surface area contributed by atoms with Gasteiger partial charge in [-0.2, -0.15) is 0 Å². The Morgan fingerprint density at radius 2 is 2.18 bits per heavy atom. The molecule has 0 saturated heterocycles. The van der Waals surface area contributed by atoms with Crippen LogP contribution in [0, 0.1) is 15.5 Å². The zero-order valence-corrected chi connectivity index (χ0v) is 5.27. The Labute approximate surface area is 60.8 Å². The van der Waals surface area contributed by atoms with Crippen molar-refractivity contribution in [2.24, 2.45) is 5.73 Å². The first-order chi connectivity index (χ1) is 4.95. The number of rotatable bonds is 3. The van der Waals surface area contributed by atoms with E-state index in [2.05, 4.69) is 0 Å². The number of nitro groups is 1. The van der Waals surface area contributed by atoms with Crippen LogP contribution in [0.5, 0.6) is 0 Å². The van der Waals surface area contributed by atoms with Crippen molar-refractivity contribution in [2.45, 2.75) is 0 Å². The topological polar surface area (TPSA) is 130 Å². The summed E-state index contributed by atoms with van der Waals surface area (Å²) >= 11 is 0. The molecule has 0 amide bonds. The molecule has 0 heterocycles. The first-order valence-corrected chi connectivity index (χ1v) is 2.38. The molecule has 0 fully saturated rings. The van der Waals surface area contributed by atoms with Crippen molar-refractivity contribution in [3.05, 3.63) is 22.0 Å². The molecular weight excluding hydrogens is 154 g/mol. The second-order valence-corrected chi connectivity index (χ2v) is 1.55. The Bertz CT molecular complexity index is 244. The number of carboxylic acid groups (broad SMARTS) is 1. The lowest BCUT2D eigenvalue weighted by molar-refractivity contribution is -0.426. The van der Waals surface area contributed by atoms with Crippen LogP contribution in [-0.4, -0.2) is 21.7 Å². The zero-order chi connectivity index (χ0) is 9.02. The van der Waals surface area contributed by atoms with Gasteiger partial charge in [-0.1, -0.05) is 0 Å². The Hall–Kier alpha value is -1.92. The van der Waals surface area contributed by atoms with E-state index in [9.17, 15) is 14.9 Å². The summed E-state index contributed by atoms with van der Waals surface area (Å²) in [6.07, 6.45) is 0.461. The van der Waals surface area contributed by atoms with Crippen LogP contribution in [-0.2, 0) is 4.79 Å². The molecule has 0 aliphatic rings. The number of nitrogens with two attached hydrogens (primary N) is 1. The standard InChI is InChI=1S/C4H5N3O4/c5-2(4(8)9)1-3(6)7(10)11/h1,5H,6H2,(H,8,9)/b3-1+,5-2?. The van der Waals surface area contributed by atoms with Crippen molar-refractivity contribution in [1.82, 2.24) is 0 Å². The number of carboxylic acids is 1. The monoisotopic (exact) mass is 159 g/mol. The van der Waals surface area contributed by atoms with E-state index in [0.29, 0.717) is 6.08 Å². The summed E-state index contributed by atoms with van der Waals surface area (Å²) in [5.41, 5.74) is 3.80. The van der Waals surface area contributed by atoms with Gasteiger partial charge in [0.05, 0.1) is 6.08 Å². The minimum Gasteiger partial charge on any atom is -0.477 e. The number of nitrogens with zero attached hydrogens (tertiary/aromatic N) is 1. The molecule has 0 spiro atoms. The van der Waals surface area contributed by atoms with Gasteiger partial charge in [-0.05, 0) is 4.92 Å². The maximum Gasteiger partial charge on any atom is 0.354 e. The molecule has 0 atom stereocenters. The molecule has 0 radical (unpaired) electrons. The number of carbonyl (C=O) groups is 1. The van der Waals surface area contributed by atoms with Crippen molar-refractivity contribution in [1.29, 1.82) is 5.41 Å². The van der Waals surface area contributed by atoms with Crippen LogP contribution >= 0.6 is 0 Å². The Morgan fingerprint density at radius 3 is 2.45 bits per heavy atom. The summed E-state index contributed by atoms with van der Waals surface area (Å²) in [4.78, 5) is 18.7. The predicted octanol–water partition coefficient (Wildman–Crippen LogP) is -0.832. The summed E-state index contributed by atoms with van der Waals surface area (Å²) in [7, 11) is 0. The number of hydrogen-bond donors (Lipinski definition) is 3. The fourth-order valence-electron chi connectivity index (χ4n) is 0.262. The van der Waals surface area contributed by atoms with E-state index < -0.39 is 22.4 Å². The molecule has 0 aromatic heterocycles. The number of aliphatic carboxylic acids is 1. The van der Waals surface area contributed by atoms with Gasteiger partial charge in [0.15, 0.2) is 0 Å². The fourth-order valence-corrected chi connectivity index (χ4v) is 0.262. The third-order valence-electron chi connectivity index (χ3n) is 0.733. The average molecular weight is 159 g/mol. The highest BCUT2D eigenvalue weighted by Gasteiger charge is 2.07. The van der Waals surface area contributed by atoms with E-state index in [4.69, 9.17) is 16.2 Å². The normalized spacial score (nSPS) is 10.7. The third kappa shape index (κ3) is 2.94. The Morgan fingerprint density at radius 1 is 1.73 bits per heavy atom. The zero-order valence-electron chi connectivity index (χ0n) is 5.27. The molecule has 0 saturated carbocycles. The number of hydrogen-bond acceptors (Lipinski definition) is 5. The first kappa shape index (κ1) is 9.08. The second kappa shape index (κ2) is 3.30. The molecule has 0 aromatic rings. The maximum atomic E-state index is 9.91. The van der Waals surface area contributed by atoms with Crippen LogP contribution in [0.1, 0.15) is 0 Å². The molecule has 0 bridgehead atoms. The fraction of sp³-hybridized carbons (Fsp3) is 0. The van der Waals surface area contributed by atoms with E-state index in [-0.39, 0.29) is 0 Å². The van der Waals surface area contributed by atoms with Gasteiger partial charge in [0.2, 0.25) is 0 Å². The van der Waals surface area contributed by atoms with Crippen LogP contribution in [0.2, 0.25) is 0 Å². The van der Waals surface area contributed by atoms with Crippen LogP contribution in [0.15, 0.2) is 11.9 Å². The molecule has 0 aliphatic carbocycles. The average Bonchev–Trinajstić information content (AvgIpc) is 1.87. The molecule has 60 valence electrons. The molecule has 0 unspecified atom stereocenters. The highest BCUT2D eigenvalue weighted by molar-refractivity contribution is 6.39. The van der Waals surface area contributed by atoms with Gasteiger partial charge in [-0.3, -0.25) is 11.1 Å². The predicted molar refractivity (Wildman–Crippen MR) is 34.6 cm³/mol. The molecule has 11 heavy (non-hydrogen) atoms. The SMILES string of the molecule is N=C(/C=C(\N)[N+](=O)[O-])C(=O)O. The summed E-state index contributed by atoms with van der Waals surface area (Å²) in [5, 5.41) is 24.5. The van der Waals surface area contributed by atoms with E-state index in [1.165, 1.54) is 0 Å². The lowest BCUT2D eigenvalue weighted by Gasteiger charge is -1.91. The highest BCUT2D eigenvalue weighted by Crippen LogP contribution is 1.86. The Kier molecular flexibility index (Phi) is 2.72. The van der Waals surface area contributed by atoms with Crippen molar-refractivity contribution >= 4 is 11.7 Å². The molecule has 0 aliphatic heterocycles. The van der Waals surface area contributed by atoms with Crippen LogP contribution < -0.4 is 5.73 Å². The molecule has 7 heteroatoms. The van der Waals surface area contributed by atoms with Gasteiger partial charge in [-0.25, -0.2) is 4.79 Å². The van der Waals surface area contributed by atoms with Crippen LogP contribution in [0.25, 0.3) is 0 Å². The highest BCUT2D eigenvalue weighted by atomic mass is 16.6. The summed E-state index contributed by atoms with van der Waals surface area (Å²) in [6.45, 7) is 0. The van der Waals surface area contributed by atoms with E-state index in [1.54, 1.807) is 0 Å². The minimum absolute atomic E-state index is 0.461. The van der Waals surface area contributed by atoms with Gasteiger partial charge in [0.25, 0.3) is 0 Å². The van der Waals surface area contributed by atoms with E-state index >= 15 is 0 Å². The smallest absolute Gasteiger partial charge is 0.354 e. The quantitative estimate of drug-likeness (QED) is 0.281. The summed E-state index contributed by atoms with van der Waals surface area (Å²) in [5.74, 6) is -2.42. The van der Waals surface area contributed by atoms with E-state index in [0.717, 1.165) is 0 Å². The van der Waals surface area contributed by atoms with E-state index in [1.807, 2.05) is 0 Å². The first-order valence-electron chi connectivity index (χ1n) is 2.38. The third-order valence-corrected chi connectivity index (χ3v) is 0.733. The number of nitrogens with one attached hydrogen (secondary N) is 1. The van der Waals surface area contributed by atoms with Gasteiger partial charge in [0.1, 0.15) is 5.71 Å².